The summed E-state index contributed by atoms with van der Waals surface area (Å²) >= 11 is 12.3. The predicted octanol–water partition coefficient (Wildman–Crippen LogP) is 5.43. The van der Waals surface area contributed by atoms with E-state index in [1.807, 2.05) is 44.2 Å². The van der Waals surface area contributed by atoms with E-state index in [0.29, 0.717) is 33.7 Å². The summed E-state index contributed by atoms with van der Waals surface area (Å²) < 4.78 is 1.60. The molecule has 0 saturated heterocycles. The first-order valence-electron chi connectivity index (χ1n) is 10.0. The van der Waals surface area contributed by atoms with Crippen molar-refractivity contribution in [3.63, 3.8) is 0 Å². The van der Waals surface area contributed by atoms with Crippen molar-refractivity contribution in [3.05, 3.63) is 64.6 Å². The van der Waals surface area contributed by atoms with Crippen molar-refractivity contribution in [2.45, 2.75) is 33.2 Å². The van der Waals surface area contributed by atoms with Crippen LogP contribution >= 0.6 is 23.2 Å². The van der Waals surface area contributed by atoms with Crippen molar-refractivity contribution >= 4 is 40.8 Å². The lowest BCUT2D eigenvalue weighted by atomic mass is 10.1. The Morgan fingerprint density at radius 2 is 1.77 bits per heavy atom. The first kappa shape index (κ1) is 22.8. The number of hydrogen-bond acceptors (Lipinski definition) is 3. The van der Waals surface area contributed by atoms with Gasteiger partial charge in [0.15, 0.2) is 0 Å². The summed E-state index contributed by atoms with van der Waals surface area (Å²) in [5.74, 6) is 0.0827. The summed E-state index contributed by atoms with van der Waals surface area (Å²) in [7, 11) is 0. The summed E-state index contributed by atoms with van der Waals surface area (Å²) in [5.41, 5.74) is 2.24. The van der Waals surface area contributed by atoms with Crippen LogP contribution in [0.2, 0.25) is 10.0 Å². The van der Waals surface area contributed by atoms with Crippen LogP contribution in [0.15, 0.2) is 54.6 Å². The second-order valence-electron chi connectivity index (χ2n) is 7.31. The molecule has 1 heterocycles. The number of rotatable bonds is 7. The van der Waals surface area contributed by atoms with Gasteiger partial charge in [0.2, 0.25) is 11.8 Å². The van der Waals surface area contributed by atoms with E-state index in [9.17, 15) is 9.59 Å². The van der Waals surface area contributed by atoms with Gasteiger partial charge in [-0.1, -0.05) is 60.5 Å². The van der Waals surface area contributed by atoms with Gasteiger partial charge in [-0.25, -0.2) is 4.68 Å². The molecule has 1 aromatic heterocycles. The molecule has 0 atom stereocenters. The molecule has 0 aliphatic heterocycles. The topological polar surface area (TPSA) is 67.2 Å². The molecule has 0 spiro atoms. The molecule has 0 bridgehead atoms. The van der Waals surface area contributed by atoms with Gasteiger partial charge in [-0.05, 0) is 32.0 Å². The highest BCUT2D eigenvalue weighted by molar-refractivity contribution is 6.42. The fraction of sp³-hybridized carbons (Fsp3) is 0.261. The zero-order valence-electron chi connectivity index (χ0n) is 17.6. The smallest absolute Gasteiger partial charge is 0.245 e. The van der Waals surface area contributed by atoms with E-state index >= 15 is 0 Å². The minimum Gasteiger partial charge on any atom is -0.331 e. The Balaban J connectivity index is 1.96. The van der Waals surface area contributed by atoms with Crippen LogP contribution in [0.1, 0.15) is 27.2 Å². The van der Waals surface area contributed by atoms with Crippen molar-refractivity contribution in [2.75, 3.05) is 11.9 Å². The number of amides is 2. The summed E-state index contributed by atoms with van der Waals surface area (Å²) in [6.07, 6.45) is 0.338. The van der Waals surface area contributed by atoms with Crippen LogP contribution in [0.5, 0.6) is 0 Å². The molecule has 0 unspecified atom stereocenters. The summed E-state index contributed by atoms with van der Waals surface area (Å²) in [4.78, 5) is 26.5. The third-order valence-corrected chi connectivity index (χ3v) is 5.49. The number of aromatic nitrogens is 2. The highest BCUT2D eigenvalue weighted by Gasteiger charge is 2.20. The average Bonchev–Trinajstić information content (AvgIpc) is 3.17. The molecule has 0 aliphatic carbocycles. The fourth-order valence-corrected chi connectivity index (χ4v) is 3.42. The predicted molar refractivity (Wildman–Crippen MR) is 125 cm³/mol. The van der Waals surface area contributed by atoms with Gasteiger partial charge in [-0.3, -0.25) is 9.59 Å². The molecule has 31 heavy (non-hydrogen) atoms. The monoisotopic (exact) mass is 458 g/mol. The molecular weight excluding hydrogens is 435 g/mol. The van der Waals surface area contributed by atoms with Gasteiger partial charge in [-0.15, -0.1) is 0 Å². The fourth-order valence-electron chi connectivity index (χ4n) is 3.13. The minimum atomic E-state index is -0.309. The molecule has 2 amide bonds. The second kappa shape index (κ2) is 9.98. The normalized spacial score (nSPS) is 10.9. The Kier molecular flexibility index (Phi) is 7.36. The van der Waals surface area contributed by atoms with E-state index in [2.05, 4.69) is 10.4 Å². The molecule has 162 valence electrons. The lowest BCUT2D eigenvalue weighted by molar-refractivity contribution is -0.136. The Morgan fingerprint density at radius 1 is 1.06 bits per heavy atom. The van der Waals surface area contributed by atoms with Crippen molar-refractivity contribution in [2.24, 2.45) is 0 Å². The molecule has 2 aromatic carbocycles. The number of nitrogens with zero attached hydrogens (tertiary/aromatic N) is 3. The standard InChI is InChI=1S/C23H24Cl2N4O2/c1-4-23(31)28(15(2)3)14-22(30)26-21-13-20(16-8-6-5-7-9-16)27-29(21)17-10-11-18(24)19(25)12-17/h5-13,15H,4,14H2,1-3H3,(H,26,30). The van der Waals surface area contributed by atoms with Gasteiger partial charge in [0.25, 0.3) is 0 Å². The van der Waals surface area contributed by atoms with Crippen LogP contribution in [-0.2, 0) is 9.59 Å². The lowest BCUT2D eigenvalue weighted by Crippen LogP contribution is -2.42. The second-order valence-corrected chi connectivity index (χ2v) is 8.12. The molecule has 1 N–H and O–H groups in total. The van der Waals surface area contributed by atoms with Crippen LogP contribution in [0.4, 0.5) is 5.82 Å². The largest absolute Gasteiger partial charge is 0.331 e. The number of halogens is 2. The Bertz CT molecular complexity index is 1080. The molecule has 0 saturated carbocycles. The Labute approximate surface area is 191 Å². The molecule has 0 aliphatic rings. The maximum atomic E-state index is 12.8. The van der Waals surface area contributed by atoms with Crippen LogP contribution in [0, 0.1) is 0 Å². The maximum Gasteiger partial charge on any atom is 0.245 e. The van der Waals surface area contributed by atoms with E-state index in [0.717, 1.165) is 5.56 Å². The summed E-state index contributed by atoms with van der Waals surface area (Å²) in [6, 6.07) is 16.5. The van der Waals surface area contributed by atoms with E-state index < -0.39 is 0 Å². The third-order valence-electron chi connectivity index (χ3n) is 4.75. The van der Waals surface area contributed by atoms with Crippen LogP contribution in [0.3, 0.4) is 0 Å². The van der Waals surface area contributed by atoms with Crippen LogP contribution in [-0.4, -0.2) is 39.1 Å². The maximum absolute atomic E-state index is 12.8. The molecule has 6 nitrogen and oxygen atoms in total. The zero-order chi connectivity index (χ0) is 22.5. The highest BCUT2D eigenvalue weighted by Crippen LogP contribution is 2.29. The van der Waals surface area contributed by atoms with E-state index in [1.54, 1.807) is 40.8 Å². The summed E-state index contributed by atoms with van der Waals surface area (Å²) in [5, 5.41) is 8.36. The molecule has 0 radical (unpaired) electrons. The van der Waals surface area contributed by atoms with E-state index in [-0.39, 0.29) is 24.4 Å². The number of hydrogen-bond donors (Lipinski definition) is 1. The van der Waals surface area contributed by atoms with Gasteiger partial charge in [0.05, 0.1) is 21.4 Å². The van der Waals surface area contributed by atoms with Crippen LogP contribution in [0.25, 0.3) is 16.9 Å². The highest BCUT2D eigenvalue weighted by atomic mass is 35.5. The van der Waals surface area contributed by atoms with Gasteiger partial charge in [-0.2, -0.15) is 5.10 Å². The quantitative estimate of drug-likeness (QED) is 0.512. The molecular formula is C23H24Cl2N4O2. The minimum absolute atomic E-state index is 0.0441. The molecule has 0 fully saturated rings. The lowest BCUT2D eigenvalue weighted by Gasteiger charge is -2.25. The van der Waals surface area contributed by atoms with Gasteiger partial charge in [0.1, 0.15) is 12.4 Å². The van der Waals surface area contributed by atoms with Gasteiger partial charge in [0, 0.05) is 24.1 Å². The Hall–Kier alpha value is -2.83. The molecule has 3 aromatic rings. The van der Waals surface area contributed by atoms with Crippen molar-refractivity contribution in [3.8, 4) is 16.9 Å². The van der Waals surface area contributed by atoms with E-state index in [4.69, 9.17) is 23.2 Å². The molecule has 3 rings (SSSR count). The van der Waals surface area contributed by atoms with Crippen molar-refractivity contribution in [1.29, 1.82) is 0 Å². The first-order valence-corrected chi connectivity index (χ1v) is 10.8. The molecule has 8 heteroatoms. The van der Waals surface area contributed by atoms with Crippen molar-refractivity contribution < 1.29 is 9.59 Å². The SMILES string of the molecule is CCC(=O)N(CC(=O)Nc1cc(-c2ccccc2)nn1-c1ccc(Cl)c(Cl)c1)C(C)C. The van der Waals surface area contributed by atoms with Crippen LogP contribution < -0.4 is 5.32 Å². The number of carbonyl (C=O) groups excluding carboxylic acids is 2. The van der Waals surface area contributed by atoms with Crippen molar-refractivity contribution in [1.82, 2.24) is 14.7 Å². The number of nitrogens with one attached hydrogen (secondary N) is 1. The zero-order valence-corrected chi connectivity index (χ0v) is 19.1. The first-order chi connectivity index (χ1) is 14.8. The van der Waals surface area contributed by atoms with E-state index in [1.165, 1.54) is 0 Å². The summed E-state index contributed by atoms with van der Waals surface area (Å²) in [6.45, 7) is 5.50. The van der Waals surface area contributed by atoms with Gasteiger partial charge < -0.3 is 10.2 Å². The van der Waals surface area contributed by atoms with Gasteiger partial charge >= 0.3 is 0 Å². The number of anilines is 1. The number of carbonyl (C=O) groups is 2. The third kappa shape index (κ3) is 5.46. The Morgan fingerprint density at radius 3 is 2.39 bits per heavy atom. The average molecular weight is 459 g/mol. The number of benzene rings is 2.